The van der Waals surface area contributed by atoms with Gasteiger partial charge < -0.3 is 0 Å². The Kier molecular flexibility index (Phi) is 3.47. The highest BCUT2D eigenvalue weighted by Gasteiger charge is 2.00. The Morgan fingerprint density at radius 2 is 2.29 bits per heavy atom. The number of hydrogen-bond acceptors (Lipinski definition) is 4. The average molecular weight is 227 g/mol. The maximum Gasteiger partial charge on any atom is 0.151 e. The van der Waals surface area contributed by atoms with E-state index in [2.05, 4.69) is 9.98 Å². The highest BCUT2D eigenvalue weighted by Crippen LogP contribution is 2.10. The standard InChI is InChI=1S/C13H13N3O/c1-11-5-7-14-13(10-11)15-8-6-12-4-2-3-9-16(12)17/h2-10,17H,1H3/b12-6-,15-8?. The number of rotatable bonds is 2. The van der Waals surface area contributed by atoms with Crippen LogP contribution in [0.4, 0.5) is 5.82 Å². The Morgan fingerprint density at radius 1 is 1.41 bits per heavy atom. The van der Waals surface area contributed by atoms with E-state index in [1.54, 1.807) is 36.8 Å². The largest absolute Gasteiger partial charge is 0.284 e. The fraction of sp³-hybridized carbons (Fsp3) is 0.0769. The van der Waals surface area contributed by atoms with Crippen LogP contribution in [0.15, 0.2) is 59.5 Å². The molecule has 0 aromatic carbocycles. The first kappa shape index (κ1) is 11.3. The summed E-state index contributed by atoms with van der Waals surface area (Å²) in [5, 5.41) is 10.5. The monoisotopic (exact) mass is 227 g/mol. The van der Waals surface area contributed by atoms with Gasteiger partial charge >= 0.3 is 0 Å². The summed E-state index contributed by atoms with van der Waals surface area (Å²) in [5.74, 6) is 0.654. The number of nitrogens with zero attached hydrogens (tertiary/aromatic N) is 3. The van der Waals surface area contributed by atoms with Crippen LogP contribution in [0.25, 0.3) is 0 Å². The van der Waals surface area contributed by atoms with Crippen LogP contribution in [0.1, 0.15) is 5.56 Å². The minimum Gasteiger partial charge on any atom is -0.284 e. The highest BCUT2D eigenvalue weighted by atomic mass is 16.5. The van der Waals surface area contributed by atoms with Gasteiger partial charge in [-0.05, 0) is 42.8 Å². The van der Waals surface area contributed by atoms with Crippen LogP contribution < -0.4 is 0 Å². The third-order valence-corrected chi connectivity index (χ3v) is 2.22. The van der Waals surface area contributed by atoms with Crippen molar-refractivity contribution in [3.63, 3.8) is 0 Å². The predicted molar refractivity (Wildman–Crippen MR) is 67.1 cm³/mol. The molecule has 1 aliphatic rings. The second-order valence-electron chi connectivity index (χ2n) is 3.61. The minimum atomic E-state index is 0.654. The Morgan fingerprint density at radius 3 is 3.06 bits per heavy atom. The quantitative estimate of drug-likeness (QED) is 0.790. The number of aliphatic imine (C=N–C) groups is 1. The van der Waals surface area contributed by atoms with Crippen LogP contribution in [0.5, 0.6) is 0 Å². The van der Waals surface area contributed by atoms with Gasteiger partial charge in [0.05, 0.1) is 5.70 Å². The van der Waals surface area contributed by atoms with Crippen molar-refractivity contribution in [2.24, 2.45) is 4.99 Å². The summed E-state index contributed by atoms with van der Waals surface area (Å²) in [4.78, 5) is 8.29. The summed E-state index contributed by atoms with van der Waals surface area (Å²) in [6, 6.07) is 3.81. The SMILES string of the molecule is Cc1ccnc(N=C/C=C2/C=CC=CN2O)c1. The molecule has 0 atom stereocenters. The third kappa shape index (κ3) is 3.12. The molecule has 1 aliphatic heterocycles. The fourth-order valence-corrected chi connectivity index (χ4v) is 1.36. The molecule has 1 aromatic rings. The van der Waals surface area contributed by atoms with E-state index in [-0.39, 0.29) is 0 Å². The van der Waals surface area contributed by atoms with E-state index >= 15 is 0 Å². The van der Waals surface area contributed by atoms with Gasteiger partial charge in [0.15, 0.2) is 5.82 Å². The lowest BCUT2D eigenvalue weighted by Crippen LogP contribution is -2.11. The molecule has 4 nitrogen and oxygen atoms in total. The van der Waals surface area contributed by atoms with Gasteiger partial charge in [-0.15, -0.1) is 0 Å². The van der Waals surface area contributed by atoms with Gasteiger partial charge in [0, 0.05) is 18.6 Å². The van der Waals surface area contributed by atoms with Gasteiger partial charge in [0.2, 0.25) is 0 Å². The zero-order chi connectivity index (χ0) is 12.1. The topological polar surface area (TPSA) is 48.7 Å². The molecule has 0 radical (unpaired) electrons. The molecule has 4 heteroatoms. The Hall–Kier alpha value is -2.20. The zero-order valence-electron chi connectivity index (χ0n) is 9.49. The second kappa shape index (κ2) is 5.23. The molecular weight excluding hydrogens is 214 g/mol. The van der Waals surface area contributed by atoms with Crippen LogP contribution in [0.2, 0.25) is 0 Å². The molecular formula is C13H13N3O. The Labute approximate surface area is 99.9 Å². The molecule has 0 aliphatic carbocycles. The summed E-state index contributed by atoms with van der Waals surface area (Å²) in [7, 11) is 0. The highest BCUT2D eigenvalue weighted by molar-refractivity contribution is 5.75. The summed E-state index contributed by atoms with van der Waals surface area (Å²) in [5.41, 5.74) is 1.77. The van der Waals surface area contributed by atoms with Crippen LogP contribution in [-0.4, -0.2) is 21.5 Å². The average Bonchev–Trinajstić information content (AvgIpc) is 2.32. The van der Waals surface area contributed by atoms with Crippen molar-refractivity contribution in [3.8, 4) is 0 Å². The Bertz CT molecular complexity index is 515. The first-order valence-corrected chi connectivity index (χ1v) is 5.26. The summed E-state index contributed by atoms with van der Waals surface area (Å²) < 4.78 is 0. The van der Waals surface area contributed by atoms with E-state index in [9.17, 15) is 5.21 Å². The lowest BCUT2D eigenvalue weighted by Gasteiger charge is -2.14. The molecule has 2 rings (SSSR count). The van der Waals surface area contributed by atoms with Gasteiger partial charge in [-0.3, -0.25) is 5.21 Å². The molecule has 0 fully saturated rings. The first-order chi connectivity index (χ1) is 8.25. The molecule has 0 amide bonds. The van der Waals surface area contributed by atoms with Gasteiger partial charge in [-0.25, -0.2) is 15.0 Å². The Balaban J connectivity index is 2.09. The van der Waals surface area contributed by atoms with Gasteiger partial charge in [-0.1, -0.05) is 6.08 Å². The van der Waals surface area contributed by atoms with Crippen molar-refractivity contribution < 1.29 is 5.21 Å². The van der Waals surface area contributed by atoms with Gasteiger partial charge in [0.1, 0.15) is 0 Å². The molecule has 0 bridgehead atoms. The van der Waals surface area contributed by atoms with Crippen molar-refractivity contribution in [1.29, 1.82) is 0 Å². The number of aromatic nitrogens is 1. The van der Waals surface area contributed by atoms with Gasteiger partial charge in [-0.2, -0.15) is 0 Å². The lowest BCUT2D eigenvalue weighted by molar-refractivity contribution is -0.0000348. The number of hydrogen-bond donors (Lipinski definition) is 1. The van der Waals surface area contributed by atoms with Crippen LogP contribution in [-0.2, 0) is 0 Å². The number of aryl methyl sites for hydroxylation is 1. The van der Waals surface area contributed by atoms with E-state index in [0.717, 1.165) is 10.6 Å². The summed E-state index contributed by atoms with van der Waals surface area (Å²) in [6.45, 7) is 1.99. The molecule has 0 unspecified atom stereocenters. The van der Waals surface area contributed by atoms with E-state index < -0.39 is 0 Å². The second-order valence-corrected chi connectivity index (χ2v) is 3.61. The van der Waals surface area contributed by atoms with Crippen LogP contribution in [0, 0.1) is 6.92 Å². The van der Waals surface area contributed by atoms with E-state index in [1.807, 2.05) is 25.1 Å². The van der Waals surface area contributed by atoms with Crippen molar-refractivity contribution in [3.05, 3.63) is 60.1 Å². The smallest absolute Gasteiger partial charge is 0.151 e. The maximum absolute atomic E-state index is 9.46. The normalized spacial score (nSPS) is 17.3. The number of hydroxylamine groups is 2. The minimum absolute atomic E-state index is 0.654. The molecule has 1 N–H and O–H groups in total. The van der Waals surface area contributed by atoms with Crippen LogP contribution >= 0.6 is 0 Å². The number of allylic oxidation sites excluding steroid dienone is 4. The van der Waals surface area contributed by atoms with Crippen molar-refractivity contribution in [1.82, 2.24) is 10.0 Å². The lowest BCUT2D eigenvalue weighted by atomic mass is 10.3. The molecule has 2 heterocycles. The summed E-state index contributed by atoms with van der Waals surface area (Å²) in [6.07, 6.45) is 12.0. The zero-order valence-corrected chi connectivity index (χ0v) is 9.49. The van der Waals surface area contributed by atoms with Crippen molar-refractivity contribution in [2.75, 3.05) is 0 Å². The predicted octanol–water partition coefficient (Wildman–Crippen LogP) is 2.75. The molecule has 86 valence electrons. The van der Waals surface area contributed by atoms with Crippen molar-refractivity contribution in [2.45, 2.75) is 6.92 Å². The van der Waals surface area contributed by atoms with E-state index in [4.69, 9.17) is 0 Å². The maximum atomic E-state index is 9.46. The molecule has 0 saturated carbocycles. The fourth-order valence-electron chi connectivity index (χ4n) is 1.36. The molecule has 0 saturated heterocycles. The molecule has 1 aromatic heterocycles. The molecule has 0 spiro atoms. The van der Waals surface area contributed by atoms with Crippen molar-refractivity contribution >= 4 is 12.0 Å². The van der Waals surface area contributed by atoms with Crippen LogP contribution in [0.3, 0.4) is 0 Å². The van der Waals surface area contributed by atoms with E-state index in [0.29, 0.717) is 11.5 Å². The molecule has 17 heavy (non-hydrogen) atoms. The van der Waals surface area contributed by atoms with E-state index in [1.165, 1.54) is 0 Å². The summed E-state index contributed by atoms with van der Waals surface area (Å²) >= 11 is 0. The number of pyridine rings is 1. The van der Waals surface area contributed by atoms with Gasteiger partial charge in [0.25, 0.3) is 0 Å². The first-order valence-electron chi connectivity index (χ1n) is 5.26. The third-order valence-electron chi connectivity index (χ3n) is 2.22.